The fourth-order valence-electron chi connectivity index (χ4n) is 2.96. The maximum atomic E-state index is 12.6. The fraction of sp³-hybridized carbons (Fsp3) is 0.167. The first-order chi connectivity index (χ1) is 11.7. The molecule has 1 heterocycles. The van der Waals surface area contributed by atoms with Gasteiger partial charge in [-0.05, 0) is 11.6 Å². The molecular weight excluding hydrogens is 302 g/mol. The highest BCUT2D eigenvalue weighted by molar-refractivity contribution is 6.01. The van der Waals surface area contributed by atoms with Gasteiger partial charge in [0.25, 0.3) is 0 Å². The number of amides is 1. The topological polar surface area (TPSA) is 109 Å². The standard InChI is InChI=1S/C18H19N5O/c19-10-9-16(24)23-11-12-5-1-2-6-13(12)17(20)18(22-21)14-7-3-4-8-15(14)23/h1-8,21H,9-11,19-20H2/b18-17-,22-21?. The number of anilines is 1. The van der Waals surface area contributed by atoms with Gasteiger partial charge in [0.15, 0.2) is 0 Å². The summed E-state index contributed by atoms with van der Waals surface area (Å²) in [7, 11) is 0. The summed E-state index contributed by atoms with van der Waals surface area (Å²) in [5.74, 6) is -0.0652. The summed E-state index contributed by atoms with van der Waals surface area (Å²) in [6, 6.07) is 15.0. The quantitative estimate of drug-likeness (QED) is 0.756. The van der Waals surface area contributed by atoms with Crippen LogP contribution in [0.5, 0.6) is 0 Å². The van der Waals surface area contributed by atoms with Crippen LogP contribution < -0.4 is 16.4 Å². The lowest BCUT2D eigenvalue weighted by molar-refractivity contribution is -0.118. The van der Waals surface area contributed by atoms with Crippen molar-refractivity contribution in [3.63, 3.8) is 0 Å². The largest absolute Gasteiger partial charge is 0.396 e. The van der Waals surface area contributed by atoms with Crippen molar-refractivity contribution < 1.29 is 4.79 Å². The summed E-state index contributed by atoms with van der Waals surface area (Å²) in [5.41, 5.74) is 23.3. The molecular formula is C18H19N5O. The van der Waals surface area contributed by atoms with Crippen molar-refractivity contribution in [1.82, 2.24) is 0 Å². The average molecular weight is 321 g/mol. The monoisotopic (exact) mass is 321 g/mol. The Morgan fingerprint density at radius 3 is 2.50 bits per heavy atom. The normalized spacial score (nSPS) is 16.6. The Bertz CT molecular complexity index is 828. The molecule has 5 N–H and O–H groups in total. The number of hydrogen-bond donors (Lipinski definition) is 3. The van der Waals surface area contributed by atoms with Gasteiger partial charge in [0, 0.05) is 24.1 Å². The highest BCUT2D eigenvalue weighted by Crippen LogP contribution is 2.36. The van der Waals surface area contributed by atoms with Crippen molar-refractivity contribution in [1.29, 1.82) is 5.53 Å². The number of hydrogen-bond acceptors (Lipinski definition) is 5. The Labute approximate surface area is 140 Å². The maximum Gasteiger partial charge on any atom is 0.228 e. The van der Waals surface area contributed by atoms with Gasteiger partial charge in [0.2, 0.25) is 5.91 Å². The third-order valence-corrected chi connectivity index (χ3v) is 4.11. The number of nitrogens with zero attached hydrogens (tertiary/aromatic N) is 2. The van der Waals surface area contributed by atoms with E-state index in [1.165, 1.54) is 0 Å². The van der Waals surface area contributed by atoms with Gasteiger partial charge < -0.3 is 16.4 Å². The second kappa shape index (κ2) is 6.64. The molecule has 6 nitrogen and oxygen atoms in total. The minimum absolute atomic E-state index is 0.0652. The minimum atomic E-state index is -0.0652. The molecule has 1 aliphatic heterocycles. The van der Waals surface area contributed by atoms with Crippen molar-refractivity contribution in [3.05, 3.63) is 65.2 Å². The van der Waals surface area contributed by atoms with Crippen molar-refractivity contribution in [3.8, 4) is 0 Å². The predicted molar refractivity (Wildman–Crippen MR) is 93.9 cm³/mol. The molecule has 122 valence electrons. The van der Waals surface area contributed by atoms with Crippen LogP contribution in [0, 0.1) is 5.53 Å². The van der Waals surface area contributed by atoms with Crippen LogP contribution in [0.15, 0.2) is 53.6 Å². The highest BCUT2D eigenvalue weighted by Gasteiger charge is 2.25. The molecule has 0 bridgehead atoms. The molecule has 3 rings (SSSR count). The van der Waals surface area contributed by atoms with Crippen LogP contribution in [-0.4, -0.2) is 12.5 Å². The fourth-order valence-corrected chi connectivity index (χ4v) is 2.96. The van der Waals surface area contributed by atoms with Crippen LogP contribution >= 0.6 is 0 Å². The summed E-state index contributed by atoms with van der Waals surface area (Å²) in [4.78, 5) is 14.3. The second-order valence-corrected chi connectivity index (χ2v) is 5.57. The van der Waals surface area contributed by atoms with Crippen LogP contribution in [0.4, 0.5) is 5.69 Å². The Morgan fingerprint density at radius 2 is 1.79 bits per heavy atom. The molecule has 0 aliphatic carbocycles. The van der Waals surface area contributed by atoms with Crippen LogP contribution in [0.3, 0.4) is 0 Å². The van der Waals surface area contributed by atoms with Crippen LogP contribution in [0.2, 0.25) is 0 Å². The number of nitrogens with two attached hydrogens (primary N) is 2. The Balaban J connectivity index is 2.29. The molecule has 0 atom stereocenters. The summed E-state index contributed by atoms with van der Waals surface area (Å²) < 4.78 is 0. The van der Waals surface area contributed by atoms with Gasteiger partial charge in [-0.2, -0.15) is 5.11 Å². The molecule has 6 heteroatoms. The van der Waals surface area contributed by atoms with Crippen LogP contribution in [-0.2, 0) is 11.3 Å². The number of carbonyl (C=O) groups excluding carboxylic acids is 1. The lowest BCUT2D eigenvalue weighted by Crippen LogP contribution is -2.33. The van der Waals surface area contributed by atoms with E-state index in [1.807, 2.05) is 48.5 Å². The van der Waals surface area contributed by atoms with E-state index in [0.29, 0.717) is 29.2 Å². The SMILES string of the molecule is N=N/C1=C(\N)c2ccccc2CN(C(=O)CCN)c2ccccc21. The van der Waals surface area contributed by atoms with Crippen molar-refractivity contribution in [2.75, 3.05) is 11.4 Å². The molecule has 2 aromatic rings. The lowest BCUT2D eigenvalue weighted by atomic mass is 9.96. The summed E-state index contributed by atoms with van der Waals surface area (Å²) >= 11 is 0. The first-order valence-corrected chi connectivity index (χ1v) is 7.72. The molecule has 1 amide bonds. The number of para-hydroxylation sites is 1. The number of nitrogens with one attached hydrogen (secondary N) is 1. The third kappa shape index (κ3) is 2.68. The molecule has 24 heavy (non-hydrogen) atoms. The third-order valence-electron chi connectivity index (χ3n) is 4.11. The van der Waals surface area contributed by atoms with E-state index in [4.69, 9.17) is 17.0 Å². The van der Waals surface area contributed by atoms with Crippen molar-refractivity contribution in [2.45, 2.75) is 13.0 Å². The Hall–Kier alpha value is -2.99. The molecule has 0 unspecified atom stereocenters. The lowest BCUT2D eigenvalue weighted by Gasteiger charge is -2.29. The van der Waals surface area contributed by atoms with E-state index < -0.39 is 0 Å². The zero-order valence-corrected chi connectivity index (χ0v) is 13.2. The minimum Gasteiger partial charge on any atom is -0.396 e. The number of fused-ring (bicyclic) bond motifs is 2. The summed E-state index contributed by atoms with van der Waals surface area (Å²) in [6.45, 7) is 0.685. The molecule has 2 aromatic carbocycles. The first-order valence-electron chi connectivity index (χ1n) is 7.72. The first kappa shape index (κ1) is 15.9. The van der Waals surface area contributed by atoms with Gasteiger partial charge in [-0.25, -0.2) is 5.53 Å². The van der Waals surface area contributed by atoms with Gasteiger partial charge >= 0.3 is 0 Å². The maximum absolute atomic E-state index is 12.6. The average Bonchev–Trinajstić information content (AvgIpc) is 2.60. The molecule has 0 saturated carbocycles. The molecule has 0 fully saturated rings. The zero-order valence-electron chi connectivity index (χ0n) is 13.2. The van der Waals surface area contributed by atoms with Crippen LogP contribution in [0.25, 0.3) is 11.4 Å². The van der Waals surface area contributed by atoms with E-state index in [1.54, 1.807) is 4.90 Å². The van der Waals surface area contributed by atoms with E-state index >= 15 is 0 Å². The van der Waals surface area contributed by atoms with Crippen molar-refractivity contribution >= 4 is 23.0 Å². The Morgan fingerprint density at radius 1 is 1.12 bits per heavy atom. The highest BCUT2D eigenvalue weighted by atomic mass is 16.2. The van der Waals surface area contributed by atoms with Gasteiger partial charge in [0.05, 0.1) is 17.9 Å². The zero-order chi connectivity index (χ0) is 17.1. The summed E-state index contributed by atoms with van der Waals surface area (Å²) in [5, 5.41) is 3.65. The van der Waals surface area contributed by atoms with Gasteiger partial charge in [-0.3, -0.25) is 4.79 Å². The number of carbonyl (C=O) groups is 1. The molecule has 0 aromatic heterocycles. The second-order valence-electron chi connectivity index (χ2n) is 5.57. The van der Waals surface area contributed by atoms with Crippen LogP contribution in [0.1, 0.15) is 23.1 Å². The van der Waals surface area contributed by atoms with E-state index in [0.717, 1.165) is 11.1 Å². The number of rotatable bonds is 3. The van der Waals surface area contributed by atoms with Gasteiger partial charge in [0.1, 0.15) is 5.70 Å². The summed E-state index contributed by atoms with van der Waals surface area (Å²) in [6.07, 6.45) is 0.253. The molecule has 0 saturated heterocycles. The number of benzene rings is 2. The predicted octanol–water partition coefficient (Wildman–Crippen LogP) is 2.70. The van der Waals surface area contributed by atoms with E-state index in [9.17, 15) is 4.79 Å². The molecule has 1 aliphatic rings. The smallest absolute Gasteiger partial charge is 0.228 e. The Kier molecular flexibility index (Phi) is 4.39. The van der Waals surface area contributed by atoms with E-state index in [-0.39, 0.29) is 18.9 Å². The molecule has 0 spiro atoms. The van der Waals surface area contributed by atoms with E-state index in [2.05, 4.69) is 5.11 Å². The van der Waals surface area contributed by atoms with Gasteiger partial charge in [-0.1, -0.05) is 42.5 Å². The van der Waals surface area contributed by atoms with Gasteiger partial charge in [-0.15, -0.1) is 0 Å². The van der Waals surface area contributed by atoms with Crippen molar-refractivity contribution in [2.24, 2.45) is 16.6 Å². The molecule has 0 radical (unpaired) electrons.